The molecule has 6 nitrogen and oxygen atoms in total. The first-order valence-electron chi connectivity index (χ1n) is 9.36. The Kier molecular flexibility index (Phi) is 4.00. The van der Waals surface area contributed by atoms with Crippen LogP contribution in [0.25, 0.3) is 0 Å². The Bertz CT molecular complexity index is 919. The highest BCUT2D eigenvalue weighted by molar-refractivity contribution is 5.94. The van der Waals surface area contributed by atoms with Crippen LogP contribution in [0.15, 0.2) is 24.3 Å². The molecule has 28 heavy (non-hydrogen) atoms. The van der Waals surface area contributed by atoms with Crippen molar-refractivity contribution in [1.29, 1.82) is 0 Å². The number of rotatable bonds is 2. The summed E-state index contributed by atoms with van der Waals surface area (Å²) in [5.74, 6) is -0.405. The number of benzene rings is 2. The molecule has 144 valence electrons. The average molecular weight is 380 g/mol. The van der Waals surface area contributed by atoms with E-state index in [1.807, 2.05) is 38.1 Å². The fourth-order valence-corrected chi connectivity index (χ4v) is 3.89. The van der Waals surface area contributed by atoms with Crippen LogP contribution in [0, 0.1) is 13.8 Å². The number of esters is 2. The number of cyclic esters (lactones) is 2. The van der Waals surface area contributed by atoms with Crippen LogP contribution in [0.4, 0.5) is 0 Å². The van der Waals surface area contributed by atoms with Crippen molar-refractivity contribution < 1.29 is 28.5 Å². The second kappa shape index (κ2) is 6.43. The van der Waals surface area contributed by atoms with Gasteiger partial charge in [-0.25, -0.2) is 9.59 Å². The van der Waals surface area contributed by atoms with Crippen LogP contribution < -0.4 is 0 Å². The first-order valence-corrected chi connectivity index (χ1v) is 9.36. The van der Waals surface area contributed by atoms with Crippen LogP contribution in [0.3, 0.4) is 0 Å². The number of fused-ring (bicyclic) bond motifs is 2. The van der Waals surface area contributed by atoms with E-state index in [9.17, 15) is 9.59 Å². The molecule has 2 saturated heterocycles. The molecule has 0 unspecified atom stereocenters. The highest BCUT2D eigenvalue weighted by atomic mass is 16.6. The monoisotopic (exact) mass is 380 g/mol. The van der Waals surface area contributed by atoms with E-state index < -0.39 is 0 Å². The van der Waals surface area contributed by atoms with Crippen molar-refractivity contribution in [3.63, 3.8) is 0 Å². The lowest BCUT2D eigenvalue weighted by atomic mass is 9.97. The third-order valence-electron chi connectivity index (χ3n) is 5.78. The maximum atomic E-state index is 11.3. The van der Waals surface area contributed by atoms with Crippen LogP contribution in [0.2, 0.25) is 0 Å². The summed E-state index contributed by atoms with van der Waals surface area (Å²) in [6.07, 6.45) is 0.493. The molecule has 4 heterocycles. The molecule has 6 heteroatoms. The van der Waals surface area contributed by atoms with Gasteiger partial charge in [0.25, 0.3) is 0 Å². The number of carbonyl (C=O) groups excluding carboxylic acids is 2. The summed E-state index contributed by atoms with van der Waals surface area (Å²) in [5.41, 5.74) is 8.18. The third-order valence-corrected chi connectivity index (χ3v) is 5.78. The van der Waals surface area contributed by atoms with E-state index in [1.54, 1.807) is 0 Å². The largest absolute Gasteiger partial charge is 0.457 e. The maximum Gasteiger partial charge on any atom is 0.338 e. The Morgan fingerprint density at radius 1 is 0.714 bits per heavy atom. The molecule has 0 aromatic heterocycles. The van der Waals surface area contributed by atoms with Gasteiger partial charge in [0.15, 0.2) is 0 Å². The Balaban J connectivity index is 0.000000122. The van der Waals surface area contributed by atoms with Crippen molar-refractivity contribution in [2.75, 3.05) is 13.2 Å². The van der Waals surface area contributed by atoms with E-state index in [1.165, 1.54) is 11.1 Å². The maximum absolute atomic E-state index is 11.3. The van der Waals surface area contributed by atoms with E-state index in [0.29, 0.717) is 24.3 Å². The summed E-state index contributed by atoms with van der Waals surface area (Å²) < 4.78 is 20.4. The topological polar surface area (TPSA) is 77.7 Å². The van der Waals surface area contributed by atoms with Crippen molar-refractivity contribution in [3.05, 3.63) is 68.8 Å². The number of epoxide rings is 2. The minimum absolute atomic E-state index is 0.202. The van der Waals surface area contributed by atoms with Gasteiger partial charge in [0.05, 0.1) is 24.3 Å². The number of carbonyl (C=O) groups is 2. The van der Waals surface area contributed by atoms with Crippen molar-refractivity contribution in [1.82, 2.24) is 0 Å². The molecule has 4 aliphatic heterocycles. The van der Waals surface area contributed by atoms with Gasteiger partial charge in [0.1, 0.15) is 25.4 Å². The highest BCUT2D eigenvalue weighted by Crippen LogP contribution is 2.37. The van der Waals surface area contributed by atoms with Crippen LogP contribution in [0.5, 0.6) is 0 Å². The lowest BCUT2D eigenvalue weighted by Crippen LogP contribution is -1.96. The molecular formula is C22H20O6. The Hall–Kier alpha value is -2.70. The molecule has 2 atom stereocenters. The molecule has 4 aliphatic rings. The molecule has 0 saturated carbocycles. The minimum Gasteiger partial charge on any atom is -0.457 e. The Morgan fingerprint density at radius 3 is 1.46 bits per heavy atom. The van der Waals surface area contributed by atoms with E-state index in [2.05, 4.69) is 0 Å². The van der Waals surface area contributed by atoms with E-state index in [4.69, 9.17) is 18.9 Å². The first-order chi connectivity index (χ1) is 13.5. The van der Waals surface area contributed by atoms with Gasteiger partial charge < -0.3 is 18.9 Å². The minimum atomic E-state index is -0.202. The lowest BCUT2D eigenvalue weighted by molar-refractivity contribution is 0.0526. The molecule has 2 fully saturated rings. The van der Waals surface area contributed by atoms with Crippen LogP contribution in [-0.4, -0.2) is 25.2 Å². The normalized spacial score (nSPS) is 23.2. The van der Waals surface area contributed by atoms with Gasteiger partial charge >= 0.3 is 11.9 Å². The zero-order chi connectivity index (χ0) is 19.4. The summed E-state index contributed by atoms with van der Waals surface area (Å²) in [7, 11) is 0. The summed E-state index contributed by atoms with van der Waals surface area (Å²) in [5, 5.41) is 0. The molecule has 6 rings (SSSR count). The first kappa shape index (κ1) is 17.4. The van der Waals surface area contributed by atoms with Crippen LogP contribution >= 0.6 is 0 Å². The Labute approximate surface area is 162 Å². The van der Waals surface area contributed by atoms with Gasteiger partial charge in [-0.05, 0) is 48.2 Å². The van der Waals surface area contributed by atoms with Crippen LogP contribution in [-0.2, 0) is 32.2 Å². The number of ether oxygens (including phenoxy) is 4. The van der Waals surface area contributed by atoms with Crippen molar-refractivity contribution in [2.45, 2.75) is 39.3 Å². The van der Waals surface area contributed by atoms with Crippen molar-refractivity contribution in [2.24, 2.45) is 0 Å². The molecule has 2 aromatic rings. The van der Waals surface area contributed by atoms with Gasteiger partial charge in [-0.1, -0.05) is 12.1 Å². The van der Waals surface area contributed by atoms with Crippen molar-refractivity contribution >= 4 is 11.9 Å². The van der Waals surface area contributed by atoms with E-state index in [0.717, 1.165) is 35.5 Å². The molecule has 0 spiro atoms. The van der Waals surface area contributed by atoms with E-state index in [-0.39, 0.29) is 24.1 Å². The smallest absolute Gasteiger partial charge is 0.338 e. The highest BCUT2D eigenvalue weighted by Gasteiger charge is 2.32. The predicted octanol–water partition coefficient (Wildman–Crippen LogP) is 3.47. The van der Waals surface area contributed by atoms with Gasteiger partial charge in [-0.2, -0.15) is 0 Å². The number of hydrogen-bond acceptors (Lipinski definition) is 6. The van der Waals surface area contributed by atoms with Crippen molar-refractivity contribution in [3.8, 4) is 0 Å². The molecule has 0 aliphatic carbocycles. The predicted molar refractivity (Wildman–Crippen MR) is 98.0 cm³/mol. The fourth-order valence-electron chi connectivity index (χ4n) is 3.89. The van der Waals surface area contributed by atoms with Gasteiger partial charge in [-0.15, -0.1) is 0 Å². The number of hydrogen-bond donors (Lipinski definition) is 0. The zero-order valence-electron chi connectivity index (χ0n) is 15.7. The molecule has 0 radical (unpaired) electrons. The fraction of sp³-hybridized carbons (Fsp3) is 0.364. The summed E-state index contributed by atoms with van der Waals surface area (Å²) in [6, 6.07) is 7.63. The quantitative estimate of drug-likeness (QED) is 0.586. The SMILES string of the molecule is Cc1c([C@@H]2CO2)ccc2c1COC2=O.Cc1c([C@H]2CO2)ccc2c1COC2=O. The van der Waals surface area contributed by atoms with Crippen LogP contribution in [0.1, 0.15) is 66.3 Å². The molecule has 0 bridgehead atoms. The molecule has 2 aromatic carbocycles. The average Bonchev–Trinajstić information content (AvgIpc) is 3.61. The lowest BCUT2D eigenvalue weighted by Gasteiger charge is -2.05. The van der Waals surface area contributed by atoms with Gasteiger partial charge in [0, 0.05) is 11.1 Å². The second-order valence-electron chi connectivity index (χ2n) is 7.41. The van der Waals surface area contributed by atoms with E-state index >= 15 is 0 Å². The molecular weight excluding hydrogens is 360 g/mol. The second-order valence-corrected chi connectivity index (χ2v) is 7.41. The Morgan fingerprint density at radius 2 is 1.11 bits per heavy atom. The zero-order valence-corrected chi connectivity index (χ0v) is 15.7. The summed E-state index contributed by atoms with van der Waals surface area (Å²) in [6.45, 7) is 6.49. The van der Waals surface area contributed by atoms with Gasteiger partial charge in [0.2, 0.25) is 0 Å². The molecule has 0 N–H and O–H groups in total. The standard InChI is InChI=1S/2C11H10O3/c2*1-6-7(10-5-13-10)2-3-8-9(6)4-14-11(8)12/h2*2-3,10H,4-5H2,1H3/t2*10-/m10/s1. The summed E-state index contributed by atoms with van der Waals surface area (Å²) in [4.78, 5) is 22.5. The summed E-state index contributed by atoms with van der Waals surface area (Å²) >= 11 is 0. The van der Waals surface area contributed by atoms with Gasteiger partial charge in [-0.3, -0.25) is 0 Å². The third kappa shape index (κ3) is 2.89. The molecule has 0 amide bonds.